The molecule has 0 aromatic carbocycles. The monoisotopic (exact) mass is 1040 g/mol. The van der Waals surface area contributed by atoms with E-state index in [1.807, 2.05) is 0 Å². The molecule has 72 heavy (non-hydrogen) atoms. The lowest BCUT2D eigenvalue weighted by molar-refractivity contribution is -0.324. The van der Waals surface area contributed by atoms with Gasteiger partial charge in [-0.25, -0.2) is 0 Å². The van der Waals surface area contributed by atoms with Gasteiger partial charge in [-0.1, -0.05) is 13.8 Å². The van der Waals surface area contributed by atoms with Crippen LogP contribution in [0.3, 0.4) is 0 Å². The van der Waals surface area contributed by atoms with Crippen LogP contribution in [0.4, 0.5) is 0 Å². The van der Waals surface area contributed by atoms with Gasteiger partial charge in [-0.3, -0.25) is 47.9 Å². The number of nitrogens with one attached hydrogen (secondary N) is 1. The fraction of sp³-hybridized carbons (Fsp3) is 0.778. The highest BCUT2D eigenvalue weighted by Crippen LogP contribution is 2.36. The second-order valence-electron chi connectivity index (χ2n) is 17.2. The van der Waals surface area contributed by atoms with E-state index in [0.717, 1.165) is 55.4 Å². The van der Waals surface area contributed by atoms with Crippen molar-refractivity contribution in [2.75, 3.05) is 46.7 Å². The van der Waals surface area contributed by atoms with Crippen LogP contribution in [0.2, 0.25) is 0 Å². The minimum Gasteiger partial charge on any atom is -0.463 e. The maximum absolute atomic E-state index is 12.7. The van der Waals surface area contributed by atoms with Crippen LogP contribution in [-0.4, -0.2) is 192 Å². The van der Waals surface area contributed by atoms with E-state index in [-0.39, 0.29) is 6.61 Å². The maximum Gasteiger partial charge on any atom is 0.303 e. The van der Waals surface area contributed by atoms with Gasteiger partial charge in [0, 0.05) is 81.1 Å². The smallest absolute Gasteiger partial charge is 0.303 e. The van der Waals surface area contributed by atoms with Crippen LogP contribution in [0.1, 0.15) is 83.1 Å². The van der Waals surface area contributed by atoms with Gasteiger partial charge in [0.1, 0.15) is 44.2 Å². The van der Waals surface area contributed by atoms with E-state index in [2.05, 4.69) is 5.32 Å². The lowest BCUT2D eigenvalue weighted by Crippen LogP contribution is -2.65. The largest absolute Gasteiger partial charge is 0.463 e. The molecule has 408 valence electrons. The molecular weight excluding hydrogens is 970 g/mol. The summed E-state index contributed by atoms with van der Waals surface area (Å²) in [6.07, 6.45) is -19.0. The van der Waals surface area contributed by atoms with Gasteiger partial charge in [0.05, 0.1) is 25.4 Å². The second-order valence-corrected chi connectivity index (χ2v) is 17.2. The number of likely N-dealkylation sites (N-methyl/N-ethyl adjacent to an activating group) is 1. The SMILES string of the molecule is CNC(COC1OC(COC(C)=O)C(OC(C)=O)C(C)C1C)(COC1OC(COC(C)=O)C(OC(C)=O)C(OC(C)=O)C1OC(C)=O)COC1OC(COC(C)=O)C(OC(C)=O)C(OC(C)=O)C1OC(C)=O. The zero-order valence-corrected chi connectivity index (χ0v) is 42.5. The molecule has 0 bridgehead atoms. The van der Waals surface area contributed by atoms with Crippen molar-refractivity contribution in [3.05, 3.63) is 0 Å². The third-order valence-electron chi connectivity index (χ3n) is 11.2. The van der Waals surface area contributed by atoms with E-state index in [4.69, 9.17) is 75.8 Å². The van der Waals surface area contributed by atoms with Gasteiger partial charge >= 0.3 is 59.7 Å². The average Bonchev–Trinajstić information content (AvgIpc) is 3.26. The number of carbonyl (C=O) groups excluding carboxylic acids is 10. The standard InChI is InChI=1S/C45H67NO26/c1-20-21(2)42(70-32(14-57-22(3)47)35(20)63-25(6)50)60-17-45(46-13,18-61-43-40(68-30(11)55)38(66-28(9)53)36(64-26(7)51)33(71-43)15-58-23(4)48)19-62-44-41(69-31(12)56)39(67-29(10)54)37(65-27(8)52)34(72-44)16-59-24(5)49/h20-21,32-44,46H,14-19H2,1-13H3. The summed E-state index contributed by atoms with van der Waals surface area (Å²) in [5.74, 6) is -9.21. The molecule has 1 N–H and O–H groups in total. The molecule has 3 aliphatic rings. The van der Waals surface area contributed by atoms with Crippen molar-refractivity contribution in [1.29, 1.82) is 0 Å². The Balaban J connectivity index is 2.20. The van der Waals surface area contributed by atoms with Crippen LogP contribution in [0.15, 0.2) is 0 Å². The van der Waals surface area contributed by atoms with Crippen molar-refractivity contribution in [2.45, 2.75) is 169 Å². The summed E-state index contributed by atoms with van der Waals surface area (Å²) < 4.78 is 92.3. The molecule has 15 atom stereocenters. The number of rotatable bonds is 23. The van der Waals surface area contributed by atoms with E-state index >= 15 is 0 Å². The minimum atomic E-state index is -1.73. The van der Waals surface area contributed by atoms with Crippen LogP contribution in [-0.2, 0) is 124 Å². The number of hydrogen-bond donors (Lipinski definition) is 1. The highest BCUT2D eigenvalue weighted by Gasteiger charge is 2.56. The van der Waals surface area contributed by atoms with Crippen molar-refractivity contribution in [1.82, 2.24) is 5.32 Å². The van der Waals surface area contributed by atoms with Crippen LogP contribution in [0, 0.1) is 11.8 Å². The van der Waals surface area contributed by atoms with Gasteiger partial charge in [-0.15, -0.1) is 0 Å². The fourth-order valence-electron chi connectivity index (χ4n) is 7.87. The van der Waals surface area contributed by atoms with Crippen molar-refractivity contribution in [3.8, 4) is 0 Å². The first kappa shape index (κ1) is 60.7. The molecule has 15 unspecified atom stereocenters. The molecule has 0 spiro atoms. The quantitative estimate of drug-likeness (QED) is 0.101. The Morgan fingerprint density at radius 3 is 0.931 bits per heavy atom. The zero-order valence-electron chi connectivity index (χ0n) is 42.5. The Morgan fingerprint density at radius 1 is 0.361 bits per heavy atom. The lowest BCUT2D eigenvalue weighted by Gasteiger charge is -2.47. The Kier molecular flexibility index (Phi) is 23.6. The molecular formula is C45H67NO26. The topological polar surface area (TPSA) is 330 Å². The average molecular weight is 1040 g/mol. The van der Waals surface area contributed by atoms with Crippen LogP contribution in [0.5, 0.6) is 0 Å². The molecule has 0 aliphatic carbocycles. The highest BCUT2D eigenvalue weighted by molar-refractivity contribution is 5.70. The second kappa shape index (κ2) is 28.0. The van der Waals surface area contributed by atoms with Crippen molar-refractivity contribution >= 4 is 59.7 Å². The minimum absolute atomic E-state index is 0.334. The maximum atomic E-state index is 12.7. The molecule has 3 aliphatic heterocycles. The zero-order chi connectivity index (χ0) is 54.2. The predicted octanol–water partition coefficient (Wildman–Crippen LogP) is -0.347. The summed E-state index contributed by atoms with van der Waals surface area (Å²) in [6.45, 7) is 11.2. The number of carbonyl (C=O) groups is 10. The summed E-state index contributed by atoms with van der Waals surface area (Å²) in [4.78, 5) is 123. The van der Waals surface area contributed by atoms with Crippen LogP contribution >= 0.6 is 0 Å². The van der Waals surface area contributed by atoms with Crippen LogP contribution < -0.4 is 5.32 Å². The first-order valence-corrected chi connectivity index (χ1v) is 22.8. The molecule has 27 heteroatoms. The van der Waals surface area contributed by atoms with Crippen molar-refractivity contribution in [2.24, 2.45) is 11.8 Å². The number of ether oxygens (including phenoxy) is 16. The third-order valence-corrected chi connectivity index (χ3v) is 11.2. The highest BCUT2D eigenvalue weighted by atomic mass is 16.8. The molecule has 3 saturated heterocycles. The third kappa shape index (κ3) is 18.5. The van der Waals surface area contributed by atoms with Gasteiger partial charge in [0.2, 0.25) is 0 Å². The molecule has 27 nitrogen and oxygen atoms in total. The van der Waals surface area contributed by atoms with Crippen molar-refractivity contribution in [3.63, 3.8) is 0 Å². The van der Waals surface area contributed by atoms with Gasteiger partial charge < -0.3 is 81.1 Å². The summed E-state index contributed by atoms with van der Waals surface area (Å²) in [5, 5.41) is 3.07. The molecule has 0 aromatic heterocycles. The predicted molar refractivity (Wildman–Crippen MR) is 233 cm³/mol. The van der Waals surface area contributed by atoms with Gasteiger partial charge in [0.25, 0.3) is 0 Å². The molecule has 3 heterocycles. The van der Waals surface area contributed by atoms with E-state index in [0.29, 0.717) is 0 Å². The van der Waals surface area contributed by atoms with E-state index in [1.165, 1.54) is 20.9 Å². The molecule has 3 rings (SSSR count). The molecule has 3 fully saturated rings. The van der Waals surface area contributed by atoms with Gasteiger partial charge in [-0.2, -0.15) is 0 Å². The van der Waals surface area contributed by atoms with E-state index < -0.39 is 190 Å². The van der Waals surface area contributed by atoms with Crippen LogP contribution in [0.25, 0.3) is 0 Å². The van der Waals surface area contributed by atoms with Gasteiger partial charge in [0.15, 0.2) is 55.5 Å². The van der Waals surface area contributed by atoms with Crippen molar-refractivity contribution < 1.29 is 124 Å². The molecule has 0 aromatic rings. The number of esters is 10. The summed E-state index contributed by atoms with van der Waals surface area (Å²) in [7, 11) is 1.45. The van der Waals surface area contributed by atoms with E-state index in [9.17, 15) is 47.9 Å². The lowest BCUT2D eigenvalue weighted by atomic mass is 9.84. The fourth-order valence-corrected chi connectivity index (χ4v) is 7.87. The van der Waals surface area contributed by atoms with E-state index in [1.54, 1.807) is 13.8 Å². The Bertz CT molecular complexity index is 1830. The summed E-state index contributed by atoms with van der Waals surface area (Å²) in [5.41, 5.74) is -1.69. The van der Waals surface area contributed by atoms with Gasteiger partial charge in [-0.05, 0) is 7.05 Å². The molecule has 0 amide bonds. The Labute approximate surface area is 415 Å². The summed E-state index contributed by atoms with van der Waals surface area (Å²) in [6, 6.07) is 0. The Hall–Kier alpha value is -5.58. The first-order valence-electron chi connectivity index (χ1n) is 22.8. The normalized spacial score (nSPS) is 30.9. The molecule has 0 saturated carbocycles. The Morgan fingerprint density at radius 2 is 0.625 bits per heavy atom. The number of hydrogen-bond acceptors (Lipinski definition) is 27. The molecule has 0 radical (unpaired) electrons. The summed E-state index contributed by atoms with van der Waals surface area (Å²) >= 11 is 0. The first-order chi connectivity index (χ1) is 33.7.